The van der Waals surface area contributed by atoms with Gasteiger partial charge in [-0.15, -0.1) is 0 Å². The van der Waals surface area contributed by atoms with Crippen molar-refractivity contribution in [2.75, 3.05) is 17.2 Å². The van der Waals surface area contributed by atoms with Crippen molar-refractivity contribution in [3.63, 3.8) is 0 Å². The van der Waals surface area contributed by atoms with Crippen LogP contribution in [0.25, 0.3) is 0 Å². The minimum atomic E-state index is -0.974. The third-order valence-corrected chi connectivity index (χ3v) is 3.17. The fourth-order valence-electron chi connectivity index (χ4n) is 2.25. The summed E-state index contributed by atoms with van der Waals surface area (Å²) in [6, 6.07) is 13.0. The molecule has 3 N–H and O–H groups in total. The van der Waals surface area contributed by atoms with Crippen molar-refractivity contribution in [1.29, 1.82) is 0 Å². The highest BCUT2D eigenvalue weighted by molar-refractivity contribution is 5.96. The van der Waals surface area contributed by atoms with E-state index in [0.29, 0.717) is 17.9 Å². The SMILES string of the molecule is CCN(c1cccc(C)c1)c1ccc(N)cc1C(=O)O. The molecule has 0 aromatic heterocycles. The molecule has 0 saturated heterocycles. The van der Waals surface area contributed by atoms with E-state index < -0.39 is 5.97 Å². The number of carboxylic acids is 1. The Morgan fingerprint density at radius 2 is 2.00 bits per heavy atom. The first-order valence-corrected chi connectivity index (χ1v) is 6.50. The Morgan fingerprint density at radius 1 is 1.25 bits per heavy atom. The molecule has 0 heterocycles. The summed E-state index contributed by atoms with van der Waals surface area (Å²) in [7, 11) is 0. The predicted molar refractivity (Wildman–Crippen MR) is 81.7 cm³/mol. The number of aromatic carboxylic acids is 1. The molecular formula is C16H18N2O2. The third-order valence-electron chi connectivity index (χ3n) is 3.17. The van der Waals surface area contributed by atoms with Crippen molar-refractivity contribution >= 4 is 23.0 Å². The van der Waals surface area contributed by atoms with E-state index in [4.69, 9.17) is 5.73 Å². The van der Waals surface area contributed by atoms with Crippen LogP contribution >= 0.6 is 0 Å². The van der Waals surface area contributed by atoms with Gasteiger partial charge in [-0.2, -0.15) is 0 Å². The molecule has 0 aliphatic heterocycles. The Morgan fingerprint density at radius 3 is 2.60 bits per heavy atom. The van der Waals surface area contributed by atoms with Gasteiger partial charge in [-0.1, -0.05) is 12.1 Å². The first-order chi connectivity index (χ1) is 9.52. The smallest absolute Gasteiger partial charge is 0.337 e. The summed E-state index contributed by atoms with van der Waals surface area (Å²) in [5.74, 6) is -0.974. The summed E-state index contributed by atoms with van der Waals surface area (Å²) >= 11 is 0. The number of hydrogen-bond donors (Lipinski definition) is 2. The fourth-order valence-corrected chi connectivity index (χ4v) is 2.25. The highest BCUT2D eigenvalue weighted by Gasteiger charge is 2.16. The zero-order valence-electron chi connectivity index (χ0n) is 11.6. The van der Waals surface area contributed by atoms with Crippen LogP contribution < -0.4 is 10.6 Å². The Bertz CT molecular complexity index is 638. The molecule has 2 aromatic rings. The molecule has 20 heavy (non-hydrogen) atoms. The fraction of sp³-hybridized carbons (Fsp3) is 0.188. The minimum Gasteiger partial charge on any atom is -0.478 e. The van der Waals surface area contributed by atoms with Crippen LogP contribution in [0.1, 0.15) is 22.8 Å². The van der Waals surface area contributed by atoms with Gasteiger partial charge in [0.25, 0.3) is 0 Å². The molecule has 104 valence electrons. The van der Waals surface area contributed by atoms with Crippen LogP contribution in [0, 0.1) is 6.92 Å². The second-order valence-electron chi connectivity index (χ2n) is 4.67. The van der Waals surface area contributed by atoms with Crippen molar-refractivity contribution in [3.8, 4) is 0 Å². The Labute approximate surface area is 118 Å². The van der Waals surface area contributed by atoms with Crippen molar-refractivity contribution in [1.82, 2.24) is 0 Å². The summed E-state index contributed by atoms with van der Waals surface area (Å²) in [4.78, 5) is 13.4. The third kappa shape index (κ3) is 2.74. The summed E-state index contributed by atoms with van der Waals surface area (Å²) in [5.41, 5.74) is 9.11. The van der Waals surface area contributed by atoms with Crippen molar-refractivity contribution < 1.29 is 9.90 Å². The van der Waals surface area contributed by atoms with Crippen LogP contribution in [-0.2, 0) is 0 Å². The van der Waals surface area contributed by atoms with E-state index in [9.17, 15) is 9.90 Å². The second kappa shape index (κ2) is 5.65. The molecular weight excluding hydrogens is 252 g/mol. The molecule has 0 fully saturated rings. The largest absolute Gasteiger partial charge is 0.478 e. The zero-order chi connectivity index (χ0) is 14.7. The summed E-state index contributed by atoms with van der Waals surface area (Å²) in [5, 5.41) is 9.35. The maximum atomic E-state index is 11.4. The molecule has 0 spiro atoms. The number of anilines is 3. The van der Waals surface area contributed by atoms with Gasteiger partial charge in [0.15, 0.2) is 0 Å². The molecule has 0 saturated carbocycles. The highest BCUT2D eigenvalue weighted by Crippen LogP contribution is 2.30. The molecule has 0 aliphatic rings. The number of nitrogens with two attached hydrogens (primary N) is 1. The Kier molecular flexibility index (Phi) is 3.94. The van der Waals surface area contributed by atoms with Gasteiger partial charge in [-0.05, 0) is 49.7 Å². The van der Waals surface area contributed by atoms with Gasteiger partial charge < -0.3 is 15.7 Å². The normalized spacial score (nSPS) is 10.3. The monoisotopic (exact) mass is 270 g/mol. The van der Waals surface area contributed by atoms with Crippen molar-refractivity contribution in [3.05, 3.63) is 53.6 Å². The van der Waals surface area contributed by atoms with Crippen molar-refractivity contribution in [2.24, 2.45) is 0 Å². The standard InChI is InChI=1S/C16H18N2O2/c1-3-18(13-6-4-5-11(2)9-13)15-8-7-12(17)10-14(15)16(19)20/h4-10H,3,17H2,1-2H3,(H,19,20). The maximum Gasteiger partial charge on any atom is 0.337 e. The summed E-state index contributed by atoms with van der Waals surface area (Å²) in [6.07, 6.45) is 0. The van der Waals surface area contributed by atoms with Crippen LogP contribution in [0.4, 0.5) is 17.1 Å². The van der Waals surface area contributed by atoms with Gasteiger partial charge in [0.05, 0.1) is 11.3 Å². The topological polar surface area (TPSA) is 66.6 Å². The molecule has 4 nitrogen and oxygen atoms in total. The van der Waals surface area contributed by atoms with Crippen LogP contribution in [0.15, 0.2) is 42.5 Å². The van der Waals surface area contributed by atoms with Gasteiger partial charge in [0.2, 0.25) is 0 Å². The van der Waals surface area contributed by atoms with E-state index in [1.54, 1.807) is 12.1 Å². The van der Waals surface area contributed by atoms with Gasteiger partial charge in [-0.3, -0.25) is 0 Å². The van der Waals surface area contributed by atoms with Gasteiger partial charge >= 0.3 is 5.97 Å². The lowest BCUT2D eigenvalue weighted by Crippen LogP contribution is -2.19. The average Bonchev–Trinajstić information content (AvgIpc) is 2.41. The van der Waals surface area contributed by atoms with Gasteiger partial charge in [0.1, 0.15) is 0 Å². The molecule has 4 heteroatoms. The van der Waals surface area contributed by atoms with Gasteiger partial charge in [-0.25, -0.2) is 4.79 Å². The number of carboxylic acid groups (broad SMARTS) is 1. The summed E-state index contributed by atoms with van der Waals surface area (Å²) in [6.45, 7) is 4.68. The highest BCUT2D eigenvalue weighted by atomic mass is 16.4. The Balaban J connectivity index is 2.55. The zero-order valence-corrected chi connectivity index (χ0v) is 11.6. The van der Waals surface area contributed by atoms with Gasteiger partial charge in [0, 0.05) is 17.9 Å². The molecule has 0 bridgehead atoms. The lowest BCUT2D eigenvalue weighted by atomic mass is 10.1. The quantitative estimate of drug-likeness (QED) is 0.835. The molecule has 0 atom stereocenters. The first kappa shape index (κ1) is 13.9. The molecule has 2 rings (SSSR count). The van der Waals surface area contributed by atoms with Crippen LogP contribution in [0.2, 0.25) is 0 Å². The second-order valence-corrected chi connectivity index (χ2v) is 4.67. The lowest BCUT2D eigenvalue weighted by Gasteiger charge is -2.25. The predicted octanol–water partition coefficient (Wildman–Crippen LogP) is 3.43. The van der Waals surface area contributed by atoms with Crippen LogP contribution in [0.3, 0.4) is 0 Å². The molecule has 0 unspecified atom stereocenters. The first-order valence-electron chi connectivity index (χ1n) is 6.50. The number of benzene rings is 2. The maximum absolute atomic E-state index is 11.4. The molecule has 0 radical (unpaired) electrons. The summed E-state index contributed by atoms with van der Waals surface area (Å²) < 4.78 is 0. The molecule has 0 aliphatic carbocycles. The number of hydrogen-bond acceptors (Lipinski definition) is 3. The number of rotatable bonds is 4. The average molecular weight is 270 g/mol. The van der Waals surface area contributed by atoms with E-state index in [0.717, 1.165) is 11.3 Å². The van der Waals surface area contributed by atoms with E-state index in [2.05, 4.69) is 0 Å². The van der Waals surface area contributed by atoms with E-state index >= 15 is 0 Å². The molecule has 2 aromatic carbocycles. The minimum absolute atomic E-state index is 0.216. The number of nitrogen functional groups attached to an aromatic ring is 1. The van der Waals surface area contributed by atoms with E-state index in [1.807, 2.05) is 43.0 Å². The van der Waals surface area contributed by atoms with Crippen LogP contribution in [0.5, 0.6) is 0 Å². The number of carbonyl (C=O) groups is 1. The van der Waals surface area contributed by atoms with Crippen molar-refractivity contribution in [2.45, 2.75) is 13.8 Å². The number of nitrogens with zero attached hydrogens (tertiary/aromatic N) is 1. The number of aryl methyl sites for hydroxylation is 1. The van der Waals surface area contributed by atoms with Crippen LogP contribution in [-0.4, -0.2) is 17.6 Å². The Hall–Kier alpha value is -2.49. The molecule has 0 amide bonds. The van der Waals surface area contributed by atoms with E-state index in [-0.39, 0.29) is 5.56 Å². The van der Waals surface area contributed by atoms with E-state index in [1.165, 1.54) is 6.07 Å². The lowest BCUT2D eigenvalue weighted by molar-refractivity contribution is 0.0697.